The quantitative estimate of drug-likeness (QED) is 0.668. The number of aryl methyl sites for hydroxylation is 1. The molecule has 1 aromatic heterocycles. The fourth-order valence-corrected chi connectivity index (χ4v) is 1.80. The molecular formula is C11H14N4O3. The number of carbonyl (C=O) groups is 3. The number of hydrogen-bond acceptors (Lipinski definition) is 4. The smallest absolute Gasteiger partial charge is 0.258 e. The van der Waals surface area contributed by atoms with Crippen molar-refractivity contribution in [2.24, 2.45) is 7.05 Å². The lowest BCUT2D eigenvalue weighted by molar-refractivity contribution is -0.143. The molecule has 0 aromatic carbocycles. The first kappa shape index (κ1) is 12.3. The minimum Gasteiger partial charge on any atom is -0.315 e. The summed E-state index contributed by atoms with van der Waals surface area (Å²) < 4.78 is 1.49. The molecule has 0 saturated carbocycles. The van der Waals surface area contributed by atoms with Gasteiger partial charge in [-0.15, -0.1) is 0 Å². The molecule has 1 aliphatic heterocycles. The Labute approximate surface area is 104 Å². The lowest BCUT2D eigenvalue weighted by Gasteiger charge is -2.39. The Morgan fingerprint density at radius 1 is 1.44 bits per heavy atom. The molecular weight excluding hydrogens is 236 g/mol. The van der Waals surface area contributed by atoms with Crippen LogP contribution < -0.4 is 5.32 Å². The van der Waals surface area contributed by atoms with E-state index in [2.05, 4.69) is 10.4 Å². The predicted molar refractivity (Wildman–Crippen MR) is 61.5 cm³/mol. The normalized spacial score (nSPS) is 18.7. The van der Waals surface area contributed by atoms with Crippen LogP contribution in [0, 0.1) is 0 Å². The summed E-state index contributed by atoms with van der Waals surface area (Å²) in [5.41, 5.74) is -0.700. The predicted octanol–water partition coefficient (Wildman–Crippen LogP) is -0.703. The van der Waals surface area contributed by atoms with Gasteiger partial charge in [0.05, 0.1) is 11.8 Å². The monoisotopic (exact) mass is 250 g/mol. The molecule has 1 N–H and O–H groups in total. The van der Waals surface area contributed by atoms with Crippen molar-refractivity contribution in [3.05, 3.63) is 18.0 Å². The number of aromatic nitrogens is 2. The van der Waals surface area contributed by atoms with Crippen LogP contribution in [0.25, 0.3) is 0 Å². The van der Waals surface area contributed by atoms with Crippen molar-refractivity contribution < 1.29 is 14.4 Å². The maximum atomic E-state index is 12.3. The van der Waals surface area contributed by atoms with E-state index in [0.29, 0.717) is 5.56 Å². The molecule has 1 saturated heterocycles. The van der Waals surface area contributed by atoms with E-state index in [0.717, 1.165) is 0 Å². The Bertz CT molecular complexity index is 532. The number of nitrogens with zero attached hydrogens (tertiary/aromatic N) is 3. The number of piperazine rings is 1. The summed E-state index contributed by atoms with van der Waals surface area (Å²) >= 11 is 0. The molecule has 0 unspecified atom stereocenters. The van der Waals surface area contributed by atoms with Gasteiger partial charge in [-0.3, -0.25) is 24.4 Å². The van der Waals surface area contributed by atoms with Gasteiger partial charge in [0.1, 0.15) is 12.1 Å². The van der Waals surface area contributed by atoms with Crippen molar-refractivity contribution in [1.82, 2.24) is 20.0 Å². The minimum atomic E-state index is -1.05. The van der Waals surface area contributed by atoms with Crippen LogP contribution in [0.5, 0.6) is 0 Å². The summed E-state index contributed by atoms with van der Waals surface area (Å²) in [6.45, 7) is 3.07. The van der Waals surface area contributed by atoms with E-state index in [1.165, 1.54) is 15.8 Å². The first-order chi connectivity index (χ1) is 8.32. The van der Waals surface area contributed by atoms with Crippen LogP contribution in [-0.4, -0.2) is 44.5 Å². The van der Waals surface area contributed by atoms with Crippen molar-refractivity contribution in [3.63, 3.8) is 0 Å². The van der Waals surface area contributed by atoms with Gasteiger partial charge in [0.25, 0.3) is 11.8 Å². The average Bonchev–Trinajstić information content (AvgIpc) is 2.70. The van der Waals surface area contributed by atoms with Gasteiger partial charge in [-0.25, -0.2) is 0 Å². The molecule has 7 heteroatoms. The highest BCUT2D eigenvalue weighted by molar-refractivity contribution is 6.08. The van der Waals surface area contributed by atoms with Crippen molar-refractivity contribution in [1.29, 1.82) is 0 Å². The zero-order valence-corrected chi connectivity index (χ0v) is 10.4. The molecule has 0 bridgehead atoms. The molecule has 96 valence electrons. The van der Waals surface area contributed by atoms with Crippen LogP contribution >= 0.6 is 0 Å². The van der Waals surface area contributed by atoms with Gasteiger partial charge in [0.2, 0.25) is 5.91 Å². The van der Waals surface area contributed by atoms with Gasteiger partial charge in [-0.2, -0.15) is 5.10 Å². The Hall–Kier alpha value is -2.18. The number of nitrogens with one attached hydrogen (secondary N) is 1. The van der Waals surface area contributed by atoms with Crippen LogP contribution in [0.2, 0.25) is 0 Å². The first-order valence-electron chi connectivity index (χ1n) is 5.47. The van der Waals surface area contributed by atoms with Gasteiger partial charge >= 0.3 is 0 Å². The standard InChI is InChI=1S/C11H14N4O3/c1-11(2)10(18)13-8(16)6-15(11)9(17)7-4-12-14(3)5-7/h4-5H,6H2,1-3H3,(H,13,16,18). The third-order valence-corrected chi connectivity index (χ3v) is 2.98. The van der Waals surface area contributed by atoms with Crippen molar-refractivity contribution in [2.75, 3.05) is 6.54 Å². The highest BCUT2D eigenvalue weighted by Crippen LogP contribution is 2.20. The van der Waals surface area contributed by atoms with E-state index >= 15 is 0 Å². The van der Waals surface area contributed by atoms with Gasteiger partial charge in [0, 0.05) is 13.2 Å². The summed E-state index contributed by atoms with van der Waals surface area (Å²) in [6.07, 6.45) is 2.96. The molecule has 2 heterocycles. The second-order valence-corrected chi connectivity index (χ2v) is 4.73. The molecule has 18 heavy (non-hydrogen) atoms. The van der Waals surface area contributed by atoms with Crippen LogP contribution in [0.3, 0.4) is 0 Å². The van der Waals surface area contributed by atoms with E-state index in [1.807, 2.05) is 0 Å². The highest BCUT2D eigenvalue weighted by Gasteiger charge is 2.43. The Balaban J connectivity index is 2.33. The SMILES string of the molecule is Cn1cc(C(=O)N2CC(=O)NC(=O)C2(C)C)cn1. The van der Waals surface area contributed by atoms with Crippen LogP contribution in [0.15, 0.2) is 12.4 Å². The van der Waals surface area contributed by atoms with Gasteiger partial charge in [-0.05, 0) is 13.8 Å². The molecule has 7 nitrogen and oxygen atoms in total. The number of imide groups is 1. The summed E-state index contributed by atoms with van der Waals surface area (Å²) in [5.74, 6) is -1.33. The minimum absolute atomic E-state index is 0.132. The van der Waals surface area contributed by atoms with E-state index in [9.17, 15) is 14.4 Å². The lowest BCUT2D eigenvalue weighted by atomic mass is 9.98. The number of hydrogen-bond donors (Lipinski definition) is 1. The van der Waals surface area contributed by atoms with Crippen molar-refractivity contribution >= 4 is 17.7 Å². The molecule has 1 fully saturated rings. The zero-order chi connectivity index (χ0) is 13.5. The van der Waals surface area contributed by atoms with Gasteiger partial charge in [0.15, 0.2) is 0 Å². The maximum absolute atomic E-state index is 12.3. The first-order valence-corrected chi connectivity index (χ1v) is 5.47. The molecule has 0 radical (unpaired) electrons. The number of carbonyl (C=O) groups excluding carboxylic acids is 3. The second kappa shape index (κ2) is 3.94. The molecule has 1 aromatic rings. The lowest BCUT2D eigenvalue weighted by Crippen LogP contribution is -2.65. The molecule has 0 spiro atoms. The maximum Gasteiger partial charge on any atom is 0.258 e. The second-order valence-electron chi connectivity index (χ2n) is 4.73. The number of rotatable bonds is 1. The summed E-state index contributed by atoms with van der Waals surface area (Å²) in [6, 6.07) is 0. The summed E-state index contributed by atoms with van der Waals surface area (Å²) in [4.78, 5) is 36.6. The van der Waals surface area contributed by atoms with Crippen molar-refractivity contribution in [2.45, 2.75) is 19.4 Å². The van der Waals surface area contributed by atoms with E-state index in [-0.39, 0.29) is 12.5 Å². The van der Waals surface area contributed by atoms with Gasteiger partial charge in [-0.1, -0.05) is 0 Å². The summed E-state index contributed by atoms with van der Waals surface area (Å²) in [5, 5.41) is 6.12. The molecule has 0 atom stereocenters. The van der Waals surface area contributed by atoms with Crippen LogP contribution in [0.4, 0.5) is 0 Å². The topological polar surface area (TPSA) is 84.3 Å². The van der Waals surface area contributed by atoms with E-state index in [4.69, 9.17) is 0 Å². The summed E-state index contributed by atoms with van der Waals surface area (Å²) in [7, 11) is 1.69. The fourth-order valence-electron chi connectivity index (χ4n) is 1.80. The van der Waals surface area contributed by atoms with Crippen LogP contribution in [-0.2, 0) is 16.6 Å². The third kappa shape index (κ3) is 1.87. The van der Waals surface area contributed by atoms with Gasteiger partial charge < -0.3 is 4.90 Å². The zero-order valence-electron chi connectivity index (χ0n) is 10.4. The molecule has 0 aliphatic carbocycles. The largest absolute Gasteiger partial charge is 0.315 e. The van der Waals surface area contributed by atoms with E-state index < -0.39 is 17.4 Å². The Morgan fingerprint density at radius 2 is 2.11 bits per heavy atom. The Morgan fingerprint density at radius 3 is 2.67 bits per heavy atom. The Kier molecular flexibility index (Phi) is 2.68. The van der Waals surface area contributed by atoms with E-state index in [1.54, 1.807) is 27.1 Å². The average molecular weight is 250 g/mol. The van der Waals surface area contributed by atoms with Crippen molar-refractivity contribution in [3.8, 4) is 0 Å². The fraction of sp³-hybridized carbons (Fsp3) is 0.455. The third-order valence-electron chi connectivity index (χ3n) is 2.98. The molecule has 1 aliphatic rings. The number of amides is 3. The molecule has 2 rings (SSSR count). The molecule has 3 amide bonds. The highest BCUT2D eigenvalue weighted by atomic mass is 16.2. The van der Waals surface area contributed by atoms with Crippen LogP contribution in [0.1, 0.15) is 24.2 Å².